The molecule has 5 heteroatoms. The van der Waals surface area contributed by atoms with Gasteiger partial charge >= 0.3 is 0 Å². The summed E-state index contributed by atoms with van der Waals surface area (Å²) in [4.78, 5) is 6.43. The van der Waals surface area contributed by atoms with Crippen LogP contribution in [0.2, 0.25) is 0 Å². The Kier molecular flexibility index (Phi) is 18.4. The molecule has 0 spiro atoms. The van der Waals surface area contributed by atoms with Gasteiger partial charge in [0.25, 0.3) is 0 Å². The summed E-state index contributed by atoms with van der Waals surface area (Å²) >= 11 is 0. The highest BCUT2D eigenvalue weighted by Gasteiger charge is 2.03. The maximum Gasteiger partial charge on any atom is 0.193 e. The van der Waals surface area contributed by atoms with Crippen molar-refractivity contribution in [2.24, 2.45) is 4.99 Å². The zero-order chi connectivity index (χ0) is 14.3. The number of unbranched alkanes of at least 4 members (excludes halogenated alkanes) is 2. The van der Waals surface area contributed by atoms with E-state index in [2.05, 4.69) is 35.8 Å². The van der Waals surface area contributed by atoms with E-state index in [4.69, 9.17) is 4.74 Å². The second kappa shape index (κ2) is 16.8. The Labute approximate surface area is 142 Å². The number of guanidine groups is 1. The Morgan fingerprint density at radius 1 is 1.30 bits per heavy atom. The van der Waals surface area contributed by atoms with Gasteiger partial charge in [0.2, 0.25) is 0 Å². The van der Waals surface area contributed by atoms with Crippen molar-refractivity contribution in [3.63, 3.8) is 0 Å². The Morgan fingerprint density at radius 2 is 2.00 bits per heavy atom. The van der Waals surface area contributed by atoms with Crippen molar-refractivity contribution < 1.29 is 4.74 Å². The molecule has 0 unspecified atom stereocenters. The minimum atomic E-state index is 0. The molecule has 0 saturated heterocycles. The quantitative estimate of drug-likeness (QED) is 0.191. The molecule has 0 aliphatic heterocycles. The topological polar surface area (TPSA) is 36.9 Å². The summed E-state index contributed by atoms with van der Waals surface area (Å²) in [5, 5.41) is 3.36. The lowest BCUT2D eigenvalue weighted by Gasteiger charge is -2.21. The van der Waals surface area contributed by atoms with Crippen LogP contribution >= 0.6 is 24.0 Å². The van der Waals surface area contributed by atoms with E-state index in [9.17, 15) is 0 Å². The van der Waals surface area contributed by atoms with Gasteiger partial charge in [0, 0.05) is 40.4 Å². The molecule has 0 fully saturated rings. The highest BCUT2D eigenvalue weighted by molar-refractivity contribution is 14.0. The second-order valence-corrected chi connectivity index (χ2v) is 4.65. The molecule has 0 saturated carbocycles. The molecule has 0 aliphatic carbocycles. The molecular formula is C15H32IN3O. The summed E-state index contributed by atoms with van der Waals surface area (Å²) in [6.07, 6.45) is 7.48. The van der Waals surface area contributed by atoms with E-state index in [1.807, 2.05) is 13.1 Å². The van der Waals surface area contributed by atoms with E-state index in [0.717, 1.165) is 57.9 Å². The van der Waals surface area contributed by atoms with E-state index < -0.39 is 0 Å². The van der Waals surface area contributed by atoms with Crippen molar-refractivity contribution in [2.75, 3.05) is 40.4 Å². The summed E-state index contributed by atoms with van der Waals surface area (Å²) in [5.74, 6) is 0.956. The Hall–Kier alpha value is -0.300. The van der Waals surface area contributed by atoms with Crippen LogP contribution in [0.25, 0.3) is 0 Å². The molecule has 0 amide bonds. The standard InChI is InChI=1S/C15H31N3O.HI/c1-5-7-9-12-18(4)15(16-3)17-11-10-14-19-13-8-6-2;/h5H,1,6-14H2,2-4H3,(H,16,17);1H. The Bertz CT molecular complexity index is 247. The number of hydrogen-bond donors (Lipinski definition) is 1. The third-order valence-electron chi connectivity index (χ3n) is 2.87. The fourth-order valence-corrected chi connectivity index (χ4v) is 1.69. The van der Waals surface area contributed by atoms with Gasteiger partial charge in [0.1, 0.15) is 0 Å². The van der Waals surface area contributed by atoms with E-state index >= 15 is 0 Å². The first-order valence-electron chi connectivity index (χ1n) is 7.36. The van der Waals surface area contributed by atoms with Crippen LogP contribution in [0.4, 0.5) is 0 Å². The average Bonchev–Trinajstić information content (AvgIpc) is 2.42. The second-order valence-electron chi connectivity index (χ2n) is 4.65. The largest absolute Gasteiger partial charge is 0.381 e. The molecule has 0 aromatic rings. The van der Waals surface area contributed by atoms with Gasteiger partial charge in [-0.25, -0.2) is 0 Å². The maximum atomic E-state index is 5.52. The predicted molar refractivity (Wildman–Crippen MR) is 99.2 cm³/mol. The van der Waals surface area contributed by atoms with Crippen LogP contribution in [0.1, 0.15) is 39.0 Å². The van der Waals surface area contributed by atoms with Crippen LogP contribution in [0, 0.1) is 0 Å². The van der Waals surface area contributed by atoms with Crippen molar-refractivity contribution in [1.82, 2.24) is 10.2 Å². The first-order chi connectivity index (χ1) is 9.26. The fraction of sp³-hybridized carbons (Fsp3) is 0.800. The Balaban J connectivity index is 0. The smallest absolute Gasteiger partial charge is 0.193 e. The highest BCUT2D eigenvalue weighted by atomic mass is 127. The monoisotopic (exact) mass is 397 g/mol. The van der Waals surface area contributed by atoms with Gasteiger partial charge in [-0.3, -0.25) is 4.99 Å². The van der Waals surface area contributed by atoms with Crippen molar-refractivity contribution in [1.29, 1.82) is 0 Å². The van der Waals surface area contributed by atoms with Gasteiger partial charge in [-0.05, 0) is 25.7 Å². The number of ether oxygens (including phenoxy) is 1. The zero-order valence-electron chi connectivity index (χ0n) is 13.4. The number of allylic oxidation sites excluding steroid dienone is 1. The summed E-state index contributed by atoms with van der Waals surface area (Å²) < 4.78 is 5.52. The summed E-state index contributed by atoms with van der Waals surface area (Å²) in [6, 6.07) is 0. The summed E-state index contributed by atoms with van der Waals surface area (Å²) in [5.41, 5.74) is 0. The van der Waals surface area contributed by atoms with E-state index in [0.29, 0.717) is 0 Å². The molecule has 20 heavy (non-hydrogen) atoms. The molecule has 0 rings (SSSR count). The third-order valence-corrected chi connectivity index (χ3v) is 2.87. The van der Waals surface area contributed by atoms with E-state index in [1.54, 1.807) is 0 Å². The van der Waals surface area contributed by atoms with Crippen molar-refractivity contribution in [3.05, 3.63) is 12.7 Å². The zero-order valence-corrected chi connectivity index (χ0v) is 15.7. The molecule has 0 heterocycles. The van der Waals surface area contributed by atoms with Crippen molar-refractivity contribution in [2.45, 2.75) is 39.0 Å². The number of rotatable bonds is 11. The SMILES string of the molecule is C=CCCCN(C)C(=NC)NCCCOCCCC.I. The lowest BCUT2D eigenvalue weighted by molar-refractivity contribution is 0.129. The van der Waals surface area contributed by atoms with Gasteiger partial charge < -0.3 is 15.0 Å². The summed E-state index contributed by atoms with van der Waals surface area (Å²) in [6.45, 7) is 9.52. The lowest BCUT2D eigenvalue weighted by Crippen LogP contribution is -2.40. The molecule has 0 bridgehead atoms. The third kappa shape index (κ3) is 12.7. The lowest BCUT2D eigenvalue weighted by atomic mass is 10.3. The fourth-order valence-electron chi connectivity index (χ4n) is 1.69. The molecule has 0 atom stereocenters. The van der Waals surface area contributed by atoms with Crippen LogP contribution < -0.4 is 5.32 Å². The molecular weight excluding hydrogens is 365 g/mol. The van der Waals surface area contributed by atoms with Crippen LogP contribution in [-0.4, -0.2) is 51.3 Å². The molecule has 0 aromatic carbocycles. The number of nitrogens with zero attached hydrogens (tertiary/aromatic N) is 2. The Morgan fingerprint density at radius 3 is 2.60 bits per heavy atom. The number of nitrogens with one attached hydrogen (secondary N) is 1. The minimum absolute atomic E-state index is 0. The highest BCUT2D eigenvalue weighted by Crippen LogP contribution is 1.94. The molecule has 0 radical (unpaired) electrons. The molecule has 120 valence electrons. The van der Waals surface area contributed by atoms with Crippen LogP contribution in [0.15, 0.2) is 17.6 Å². The number of aliphatic imine (C=N–C) groups is 1. The number of halogens is 1. The average molecular weight is 397 g/mol. The normalized spacial score (nSPS) is 10.8. The van der Waals surface area contributed by atoms with Gasteiger partial charge in [0.15, 0.2) is 5.96 Å². The molecule has 0 aliphatic rings. The van der Waals surface area contributed by atoms with Gasteiger partial charge in [0.05, 0.1) is 0 Å². The number of hydrogen-bond acceptors (Lipinski definition) is 2. The van der Waals surface area contributed by atoms with Crippen LogP contribution in [0.5, 0.6) is 0 Å². The van der Waals surface area contributed by atoms with Gasteiger partial charge in [-0.1, -0.05) is 19.4 Å². The van der Waals surface area contributed by atoms with E-state index in [1.165, 1.54) is 6.42 Å². The van der Waals surface area contributed by atoms with Crippen molar-refractivity contribution in [3.8, 4) is 0 Å². The molecule has 1 N–H and O–H groups in total. The van der Waals surface area contributed by atoms with Crippen LogP contribution in [0.3, 0.4) is 0 Å². The maximum absolute atomic E-state index is 5.52. The minimum Gasteiger partial charge on any atom is -0.381 e. The predicted octanol–water partition coefficient (Wildman–Crippen LogP) is 3.28. The van der Waals surface area contributed by atoms with Gasteiger partial charge in [-0.2, -0.15) is 0 Å². The molecule has 0 aromatic heterocycles. The summed E-state index contributed by atoms with van der Waals surface area (Å²) in [7, 11) is 3.89. The van der Waals surface area contributed by atoms with Gasteiger partial charge in [-0.15, -0.1) is 30.6 Å². The molecule has 4 nitrogen and oxygen atoms in total. The first kappa shape index (κ1) is 22.0. The van der Waals surface area contributed by atoms with E-state index in [-0.39, 0.29) is 24.0 Å². The van der Waals surface area contributed by atoms with Crippen LogP contribution in [-0.2, 0) is 4.74 Å². The van der Waals surface area contributed by atoms with Crippen molar-refractivity contribution >= 4 is 29.9 Å². The first-order valence-corrected chi connectivity index (χ1v) is 7.36.